The Morgan fingerprint density at radius 2 is 1.84 bits per heavy atom. The van der Waals surface area contributed by atoms with Gasteiger partial charge in [-0.25, -0.2) is 0 Å². The number of nitriles is 1. The van der Waals surface area contributed by atoms with Gasteiger partial charge in [0.25, 0.3) is 0 Å². The topological polar surface area (TPSA) is 70.8 Å². The maximum absolute atomic E-state index is 12.3. The summed E-state index contributed by atoms with van der Waals surface area (Å²) in [6, 6.07) is 11.5. The number of Topliss-reactive ketones (excluding diaryl/α,β-unsaturated/α-hetero) is 1. The van der Waals surface area contributed by atoms with Gasteiger partial charge in [-0.1, -0.05) is 24.3 Å². The molecule has 0 fully saturated rings. The van der Waals surface area contributed by atoms with Gasteiger partial charge >= 0.3 is 0 Å². The van der Waals surface area contributed by atoms with Crippen molar-refractivity contribution in [1.29, 1.82) is 5.26 Å². The average Bonchev–Trinajstić information content (AvgIpc) is 2.46. The molecule has 92 valence electrons. The Kier molecular flexibility index (Phi) is 3.48. The first-order valence-corrected chi connectivity index (χ1v) is 5.64. The van der Waals surface area contributed by atoms with Crippen LogP contribution in [0.2, 0.25) is 0 Å². The van der Waals surface area contributed by atoms with E-state index in [9.17, 15) is 9.59 Å². The Bertz CT molecular complexity index is 699. The lowest BCUT2D eigenvalue weighted by molar-refractivity contribution is 0.0988. The van der Waals surface area contributed by atoms with E-state index in [4.69, 9.17) is 5.26 Å². The smallest absolute Gasteiger partial charge is 0.212 e. The number of ketones is 2. The van der Waals surface area contributed by atoms with Gasteiger partial charge in [-0.3, -0.25) is 14.6 Å². The molecule has 0 aliphatic heterocycles. The number of pyridine rings is 1. The zero-order valence-corrected chi connectivity index (χ0v) is 10.3. The van der Waals surface area contributed by atoms with Crippen molar-refractivity contribution in [1.82, 2.24) is 4.98 Å². The number of benzene rings is 1. The summed E-state index contributed by atoms with van der Waals surface area (Å²) >= 11 is 0. The molecule has 4 nitrogen and oxygen atoms in total. The fraction of sp³-hybridized carbons (Fsp3) is 0.0667. The highest BCUT2D eigenvalue weighted by Gasteiger charge is 2.16. The minimum atomic E-state index is -0.358. The molecule has 0 saturated carbocycles. The van der Waals surface area contributed by atoms with Crippen LogP contribution in [0.25, 0.3) is 0 Å². The molecule has 0 bridgehead atoms. The molecule has 1 aromatic heterocycles. The summed E-state index contributed by atoms with van der Waals surface area (Å²) in [4.78, 5) is 27.8. The van der Waals surface area contributed by atoms with Crippen LogP contribution in [0.15, 0.2) is 42.6 Å². The molecule has 1 aromatic carbocycles. The van der Waals surface area contributed by atoms with Gasteiger partial charge in [0.05, 0.1) is 11.6 Å². The zero-order chi connectivity index (χ0) is 13.8. The van der Waals surface area contributed by atoms with Crippen LogP contribution in [0.3, 0.4) is 0 Å². The van der Waals surface area contributed by atoms with Crippen molar-refractivity contribution < 1.29 is 9.59 Å². The van der Waals surface area contributed by atoms with Gasteiger partial charge in [-0.15, -0.1) is 0 Å². The molecule has 0 N–H and O–H groups in total. The molecule has 1 heterocycles. The Hall–Kier alpha value is -2.80. The minimum Gasteiger partial charge on any atom is -0.294 e. The van der Waals surface area contributed by atoms with E-state index in [1.54, 1.807) is 24.3 Å². The third kappa shape index (κ3) is 2.55. The normalized spacial score (nSPS) is 9.68. The Labute approximate surface area is 110 Å². The van der Waals surface area contributed by atoms with Crippen LogP contribution in [-0.2, 0) is 0 Å². The molecule has 19 heavy (non-hydrogen) atoms. The summed E-state index contributed by atoms with van der Waals surface area (Å²) in [6.45, 7) is 1.41. The third-order valence-corrected chi connectivity index (χ3v) is 2.67. The van der Waals surface area contributed by atoms with E-state index < -0.39 is 0 Å². The van der Waals surface area contributed by atoms with E-state index in [-0.39, 0.29) is 17.3 Å². The van der Waals surface area contributed by atoms with Crippen molar-refractivity contribution >= 4 is 11.6 Å². The molecule has 0 amide bonds. The molecule has 4 heteroatoms. The van der Waals surface area contributed by atoms with Crippen LogP contribution in [0.5, 0.6) is 0 Å². The SMILES string of the molecule is CC(=O)c1ccccc1C(=O)c1cc(C#N)ccn1. The fourth-order valence-electron chi connectivity index (χ4n) is 1.75. The number of carbonyl (C=O) groups is 2. The maximum atomic E-state index is 12.3. The van der Waals surface area contributed by atoms with Crippen molar-refractivity contribution in [2.75, 3.05) is 0 Å². The summed E-state index contributed by atoms with van der Waals surface area (Å²) in [5.41, 5.74) is 1.18. The van der Waals surface area contributed by atoms with E-state index >= 15 is 0 Å². The molecule has 0 saturated heterocycles. The predicted molar refractivity (Wildman–Crippen MR) is 68.8 cm³/mol. The highest BCUT2D eigenvalue weighted by Crippen LogP contribution is 2.14. The van der Waals surface area contributed by atoms with Gasteiger partial charge in [-0.05, 0) is 19.1 Å². The van der Waals surface area contributed by atoms with Crippen LogP contribution in [0, 0.1) is 11.3 Å². The van der Waals surface area contributed by atoms with Crippen molar-refractivity contribution in [3.05, 3.63) is 65.0 Å². The van der Waals surface area contributed by atoms with Crippen molar-refractivity contribution in [3.8, 4) is 6.07 Å². The summed E-state index contributed by atoms with van der Waals surface area (Å²) in [5, 5.41) is 8.81. The van der Waals surface area contributed by atoms with Crippen molar-refractivity contribution in [2.45, 2.75) is 6.92 Å². The summed E-state index contributed by atoms with van der Waals surface area (Å²) in [6.07, 6.45) is 1.40. The summed E-state index contributed by atoms with van der Waals surface area (Å²) in [7, 11) is 0. The van der Waals surface area contributed by atoms with Gasteiger partial charge < -0.3 is 0 Å². The van der Waals surface area contributed by atoms with Crippen LogP contribution in [0.4, 0.5) is 0 Å². The molecular weight excluding hydrogens is 240 g/mol. The molecule has 2 aromatic rings. The minimum absolute atomic E-state index is 0.160. The van der Waals surface area contributed by atoms with Crippen LogP contribution in [-0.4, -0.2) is 16.6 Å². The molecule has 0 aliphatic rings. The molecule has 0 spiro atoms. The van der Waals surface area contributed by atoms with E-state index in [0.29, 0.717) is 16.7 Å². The van der Waals surface area contributed by atoms with Crippen molar-refractivity contribution in [2.24, 2.45) is 0 Å². The maximum Gasteiger partial charge on any atom is 0.212 e. The Morgan fingerprint density at radius 3 is 2.47 bits per heavy atom. The van der Waals surface area contributed by atoms with Gasteiger partial charge in [0.15, 0.2) is 5.78 Å². The lowest BCUT2D eigenvalue weighted by atomic mass is 9.98. The average molecular weight is 250 g/mol. The van der Waals surface area contributed by atoms with E-state index in [0.717, 1.165) is 0 Å². The fourth-order valence-corrected chi connectivity index (χ4v) is 1.75. The van der Waals surface area contributed by atoms with Crippen molar-refractivity contribution in [3.63, 3.8) is 0 Å². The van der Waals surface area contributed by atoms with Gasteiger partial charge in [0.2, 0.25) is 5.78 Å². The quantitative estimate of drug-likeness (QED) is 0.784. The lowest BCUT2D eigenvalue weighted by Gasteiger charge is -2.05. The van der Waals surface area contributed by atoms with Gasteiger partial charge in [0, 0.05) is 17.3 Å². The van der Waals surface area contributed by atoms with Crippen LogP contribution in [0.1, 0.15) is 38.9 Å². The molecular formula is C15H10N2O2. The first-order chi connectivity index (χ1) is 9.13. The number of nitrogens with zero attached hydrogens (tertiary/aromatic N) is 2. The van der Waals surface area contributed by atoms with E-state index in [1.807, 2.05) is 6.07 Å². The molecule has 2 rings (SSSR count). The first-order valence-electron chi connectivity index (χ1n) is 5.64. The second-order valence-corrected chi connectivity index (χ2v) is 3.97. The predicted octanol–water partition coefficient (Wildman–Crippen LogP) is 2.39. The highest BCUT2D eigenvalue weighted by molar-refractivity contribution is 6.14. The highest BCUT2D eigenvalue weighted by atomic mass is 16.1. The Morgan fingerprint density at radius 1 is 1.16 bits per heavy atom. The molecule has 0 unspecified atom stereocenters. The summed E-state index contributed by atoms with van der Waals surface area (Å²) in [5.74, 6) is -0.539. The second kappa shape index (κ2) is 5.23. The monoisotopic (exact) mass is 250 g/mol. The number of rotatable bonds is 3. The van der Waals surface area contributed by atoms with Crippen LogP contribution < -0.4 is 0 Å². The third-order valence-electron chi connectivity index (χ3n) is 2.67. The van der Waals surface area contributed by atoms with E-state index in [1.165, 1.54) is 25.3 Å². The van der Waals surface area contributed by atoms with Gasteiger partial charge in [0.1, 0.15) is 5.69 Å². The molecule has 0 atom stereocenters. The lowest BCUT2D eigenvalue weighted by Crippen LogP contribution is -2.09. The second-order valence-electron chi connectivity index (χ2n) is 3.97. The first kappa shape index (κ1) is 12.7. The molecule has 0 aliphatic carbocycles. The number of carbonyl (C=O) groups excluding carboxylic acids is 2. The number of aromatic nitrogens is 1. The van der Waals surface area contributed by atoms with E-state index in [2.05, 4.69) is 4.98 Å². The van der Waals surface area contributed by atoms with Gasteiger partial charge in [-0.2, -0.15) is 5.26 Å². The standard InChI is InChI=1S/C15H10N2O2/c1-10(18)12-4-2-3-5-13(12)15(19)14-8-11(9-16)6-7-17-14/h2-8H,1H3. The number of hydrogen-bond donors (Lipinski definition) is 0. The molecule has 0 radical (unpaired) electrons. The number of hydrogen-bond acceptors (Lipinski definition) is 4. The van der Waals surface area contributed by atoms with Crippen LogP contribution >= 0.6 is 0 Å². The zero-order valence-electron chi connectivity index (χ0n) is 10.3. The largest absolute Gasteiger partial charge is 0.294 e. The Balaban J connectivity index is 2.50. The summed E-state index contributed by atoms with van der Waals surface area (Å²) < 4.78 is 0.